The second kappa shape index (κ2) is 7.02. The standard InChI is InChI=1S/C16H14ClFO4S/c1-3-5-11-8-9-13(14(10-11)21-2)22-23(19,20)15-7-4-6-12(17)16(15)18/h3-4,6-10H,1,5H2,2H3. The van der Waals surface area contributed by atoms with Crippen molar-refractivity contribution in [2.24, 2.45) is 0 Å². The molecule has 0 aliphatic heterocycles. The van der Waals surface area contributed by atoms with Crippen molar-refractivity contribution in [3.63, 3.8) is 0 Å². The summed E-state index contributed by atoms with van der Waals surface area (Å²) in [7, 11) is -3.00. The molecule has 7 heteroatoms. The Morgan fingerprint density at radius 2 is 2.00 bits per heavy atom. The Morgan fingerprint density at radius 3 is 2.65 bits per heavy atom. The molecule has 0 aromatic heterocycles. The van der Waals surface area contributed by atoms with E-state index >= 15 is 0 Å². The van der Waals surface area contributed by atoms with Crippen LogP contribution in [0, 0.1) is 5.82 Å². The van der Waals surface area contributed by atoms with Crippen LogP contribution < -0.4 is 8.92 Å². The summed E-state index contributed by atoms with van der Waals surface area (Å²) < 4.78 is 48.6. The first-order chi connectivity index (χ1) is 10.9. The number of allylic oxidation sites excluding steroid dienone is 1. The third kappa shape index (κ3) is 3.83. The number of benzene rings is 2. The minimum absolute atomic E-state index is 0.0420. The summed E-state index contributed by atoms with van der Waals surface area (Å²) >= 11 is 5.61. The van der Waals surface area contributed by atoms with Crippen LogP contribution in [0.3, 0.4) is 0 Å². The number of halogens is 2. The second-order valence-corrected chi connectivity index (χ2v) is 6.49. The molecule has 0 bridgehead atoms. The fraction of sp³-hybridized carbons (Fsp3) is 0.125. The van der Waals surface area contributed by atoms with Crippen molar-refractivity contribution in [2.75, 3.05) is 7.11 Å². The maximum atomic E-state index is 13.9. The molecule has 2 aromatic carbocycles. The predicted molar refractivity (Wildman–Crippen MR) is 86.1 cm³/mol. The SMILES string of the molecule is C=CCc1ccc(OS(=O)(=O)c2cccc(Cl)c2F)c(OC)c1. The second-order valence-electron chi connectivity index (χ2n) is 4.57. The van der Waals surface area contributed by atoms with Crippen LogP contribution in [0.2, 0.25) is 5.02 Å². The Labute approximate surface area is 139 Å². The monoisotopic (exact) mass is 356 g/mol. The van der Waals surface area contributed by atoms with Gasteiger partial charge in [0.1, 0.15) is 4.90 Å². The van der Waals surface area contributed by atoms with Crippen LogP contribution in [0.4, 0.5) is 4.39 Å². The summed E-state index contributed by atoms with van der Waals surface area (Å²) in [4.78, 5) is -0.637. The van der Waals surface area contributed by atoms with E-state index in [1.165, 1.54) is 25.3 Å². The summed E-state index contributed by atoms with van der Waals surface area (Å²) in [5, 5.41) is -0.303. The number of ether oxygens (including phenoxy) is 1. The third-order valence-corrected chi connectivity index (χ3v) is 4.54. The van der Waals surface area contributed by atoms with Gasteiger partial charge in [0.05, 0.1) is 12.1 Å². The molecule has 0 radical (unpaired) electrons. The van der Waals surface area contributed by atoms with Crippen LogP contribution in [0.25, 0.3) is 0 Å². The van der Waals surface area contributed by atoms with E-state index in [4.69, 9.17) is 20.5 Å². The van der Waals surface area contributed by atoms with Crippen molar-refractivity contribution < 1.29 is 21.7 Å². The molecule has 2 aromatic rings. The lowest BCUT2D eigenvalue weighted by Crippen LogP contribution is -2.12. The van der Waals surface area contributed by atoms with Crippen molar-refractivity contribution in [1.29, 1.82) is 0 Å². The summed E-state index contributed by atoms with van der Waals surface area (Å²) in [6.07, 6.45) is 2.29. The normalized spacial score (nSPS) is 11.1. The predicted octanol–water partition coefficient (Wildman–Crippen LogP) is 3.98. The molecule has 4 nitrogen and oxygen atoms in total. The van der Waals surface area contributed by atoms with Gasteiger partial charge in [-0.05, 0) is 36.2 Å². The molecule has 0 saturated heterocycles. The van der Waals surface area contributed by atoms with Crippen molar-refractivity contribution >= 4 is 21.7 Å². The fourth-order valence-corrected chi connectivity index (χ4v) is 3.18. The van der Waals surface area contributed by atoms with Gasteiger partial charge in [-0.15, -0.1) is 6.58 Å². The third-order valence-electron chi connectivity index (χ3n) is 2.99. The van der Waals surface area contributed by atoms with E-state index in [9.17, 15) is 12.8 Å². The van der Waals surface area contributed by atoms with Gasteiger partial charge in [0, 0.05) is 0 Å². The van der Waals surface area contributed by atoms with Gasteiger partial charge in [0.25, 0.3) is 0 Å². The zero-order chi connectivity index (χ0) is 17.0. The molecule has 0 aliphatic carbocycles. The molecule has 0 atom stereocenters. The highest BCUT2D eigenvalue weighted by Gasteiger charge is 2.24. The van der Waals surface area contributed by atoms with Gasteiger partial charge in [0.15, 0.2) is 17.3 Å². The molecule has 0 aliphatic rings. The highest BCUT2D eigenvalue weighted by Crippen LogP contribution is 2.32. The summed E-state index contributed by atoms with van der Waals surface area (Å²) in [6.45, 7) is 3.63. The summed E-state index contributed by atoms with van der Waals surface area (Å²) in [6, 6.07) is 8.39. The van der Waals surface area contributed by atoms with Crippen molar-refractivity contribution in [1.82, 2.24) is 0 Å². The van der Waals surface area contributed by atoms with Crippen molar-refractivity contribution in [3.8, 4) is 11.5 Å². The zero-order valence-electron chi connectivity index (χ0n) is 12.3. The zero-order valence-corrected chi connectivity index (χ0v) is 13.8. The smallest absolute Gasteiger partial charge is 0.342 e. The van der Waals surface area contributed by atoms with Gasteiger partial charge in [-0.3, -0.25) is 0 Å². The molecule has 0 amide bonds. The topological polar surface area (TPSA) is 52.6 Å². The average Bonchev–Trinajstić information content (AvgIpc) is 2.51. The largest absolute Gasteiger partial charge is 0.493 e. The molecule has 0 saturated carbocycles. The Kier molecular flexibility index (Phi) is 5.28. The van der Waals surface area contributed by atoms with E-state index in [2.05, 4.69) is 6.58 Å². The van der Waals surface area contributed by atoms with Crippen LogP contribution in [0.5, 0.6) is 11.5 Å². The maximum Gasteiger partial charge on any atom is 0.342 e. The molecule has 0 fully saturated rings. The van der Waals surface area contributed by atoms with Crippen LogP contribution in [0.1, 0.15) is 5.56 Å². The number of methoxy groups -OCH3 is 1. The molecular weight excluding hydrogens is 343 g/mol. The van der Waals surface area contributed by atoms with E-state index in [0.717, 1.165) is 11.6 Å². The molecule has 0 unspecified atom stereocenters. The van der Waals surface area contributed by atoms with Crippen LogP contribution in [-0.2, 0) is 16.5 Å². The Bertz CT molecular complexity index is 834. The van der Waals surface area contributed by atoms with Gasteiger partial charge in [0.2, 0.25) is 0 Å². The molecule has 2 rings (SSSR count). The van der Waals surface area contributed by atoms with Crippen LogP contribution in [0.15, 0.2) is 53.9 Å². The van der Waals surface area contributed by atoms with Crippen molar-refractivity contribution in [2.45, 2.75) is 11.3 Å². The quantitative estimate of drug-likeness (QED) is 0.580. The lowest BCUT2D eigenvalue weighted by atomic mass is 10.1. The molecule has 0 heterocycles. The molecule has 0 spiro atoms. The van der Waals surface area contributed by atoms with E-state index in [1.807, 2.05) is 0 Å². The molecular formula is C16H14ClFO4S. The van der Waals surface area contributed by atoms with Crippen LogP contribution >= 0.6 is 11.6 Å². The molecule has 122 valence electrons. The minimum Gasteiger partial charge on any atom is -0.493 e. The highest BCUT2D eigenvalue weighted by molar-refractivity contribution is 7.87. The van der Waals surface area contributed by atoms with Crippen LogP contribution in [-0.4, -0.2) is 15.5 Å². The summed E-state index contributed by atoms with van der Waals surface area (Å²) in [5.74, 6) is -0.883. The number of hydrogen-bond acceptors (Lipinski definition) is 4. The molecule has 23 heavy (non-hydrogen) atoms. The Morgan fingerprint density at radius 1 is 1.26 bits per heavy atom. The highest BCUT2D eigenvalue weighted by atomic mass is 35.5. The maximum absolute atomic E-state index is 13.9. The van der Waals surface area contributed by atoms with Gasteiger partial charge in [-0.2, -0.15) is 8.42 Å². The first kappa shape index (κ1) is 17.3. The fourth-order valence-electron chi connectivity index (χ4n) is 1.91. The van der Waals surface area contributed by atoms with E-state index in [-0.39, 0.29) is 16.5 Å². The number of rotatable bonds is 6. The van der Waals surface area contributed by atoms with Gasteiger partial charge in [-0.1, -0.05) is 29.8 Å². The Hall–Kier alpha value is -2.05. The van der Waals surface area contributed by atoms with E-state index in [1.54, 1.807) is 18.2 Å². The van der Waals surface area contributed by atoms with E-state index in [0.29, 0.717) is 6.42 Å². The lowest BCUT2D eigenvalue weighted by molar-refractivity contribution is 0.389. The first-order valence-electron chi connectivity index (χ1n) is 6.55. The van der Waals surface area contributed by atoms with Crippen molar-refractivity contribution in [3.05, 3.63) is 65.5 Å². The van der Waals surface area contributed by atoms with Gasteiger partial charge in [-0.25, -0.2) is 4.39 Å². The van der Waals surface area contributed by atoms with Gasteiger partial charge >= 0.3 is 10.1 Å². The summed E-state index contributed by atoms with van der Waals surface area (Å²) in [5.41, 5.74) is 0.871. The lowest BCUT2D eigenvalue weighted by Gasteiger charge is -2.12. The number of hydrogen-bond donors (Lipinski definition) is 0. The van der Waals surface area contributed by atoms with Gasteiger partial charge < -0.3 is 8.92 Å². The molecule has 0 N–H and O–H groups in total. The van der Waals surface area contributed by atoms with E-state index < -0.39 is 20.8 Å². The average molecular weight is 357 g/mol. The first-order valence-corrected chi connectivity index (χ1v) is 8.34. The minimum atomic E-state index is -4.38. The Balaban J connectivity index is 2.41.